The molecule has 3 heterocycles. The van der Waals surface area contributed by atoms with Gasteiger partial charge in [0, 0.05) is 31.7 Å². The molecule has 0 saturated carbocycles. The van der Waals surface area contributed by atoms with Crippen LogP contribution in [0.3, 0.4) is 0 Å². The summed E-state index contributed by atoms with van der Waals surface area (Å²) in [6.07, 6.45) is 9.16. The van der Waals surface area contributed by atoms with Crippen molar-refractivity contribution >= 4 is 27.5 Å². The minimum absolute atomic E-state index is 0.773. The number of nitrogens with two attached hydrogens (primary N) is 1. The number of aromatic nitrogens is 3. The first-order valence-electron chi connectivity index (χ1n) is 6.72. The van der Waals surface area contributed by atoms with E-state index in [2.05, 4.69) is 30.8 Å². The van der Waals surface area contributed by atoms with Gasteiger partial charge in [0.2, 0.25) is 5.95 Å². The van der Waals surface area contributed by atoms with Crippen LogP contribution < -0.4 is 10.6 Å². The average Bonchev–Trinajstić information content (AvgIpc) is 2.91. The Morgan fingerprint density at radius 2 is 2.11 bits per heavy atom. The van der Waals surface area contributed by atoms with Gasteiger partial charge in [-0.25, -0.2) is 9.97 Å². The van der Waals surface area contributed by atoms with E-state index in [-0.39, 0.29) is 0 Å². The van der Waals surface area contributed by atoms with Gasteiger partial charge in [-0.3, -0.25) is 4.40 Å². The molecule has 0 aromatic carbocycles. The summed E-state index contributed by atoms with van der Waals surface area (Å²) < 4.78 is 2.98. The van der Waals surface area contributed by atoms with E-state index in [1.165, 1.54) is 12.8 Å². The molecule has 2 N–H and O–H groups in total. The highest BCUT2D eigenvalue weighted by Gasteiger charge is 2.21. The second-order valence-corrected chi connectivity index (χ2v) is 5.89. The van der Waals surface area contributed by atoms with Crippen molar-refractivity contribution in [1.82, 2.24) is 14.4 Å². The Balaban J connectivity index is 1.82. The number of nitrogens with zero attached hydrogens (tertiary/aromatic N) is 4. The first-order chi connectivity index (χ1) is 9.29. The summed E-state index contributed by atoms with van der Waals surface area (Å²) in [5, 5.41) is 0. The Hall–Kier alpha value is -1.14. The lowest BCUT2D eigenvalue weighted by atomic mass is 9.94. The van der Waals surface area contributed by atoms with Crippen molar-refractivity contribution < 1.29 is 0 Å². The van der Waals surface area contributed by atoms with Crippen LogP contribution >= 0.6 is 15.9 Å². The van der Waals surface area contributed by atoms with E-state index in [0.29, 0.717) is 0 Å². The monoisotopic (exact) mass is 323 g/mol. The fraction of sp³-hybridized carbons (Fsp3) is 0.538. The van der Waals surface area contributed by atoms with E-state index < -0.39 is 0 Å². The number of piperidine rings is 1. The van der Waals surface area contributed by atoms with Gasteiger partial charge in [-0.05, 0) is 47.7 Å². The molecule has 0 spiro atoms. The minimum Gasteiger partial charge on any atom is -0.342 e. The lowest BCUT2D eigenvalue weighted by Crippen LogP contribution is -2.36. The molecule has 0 radical (unpaired) electrons. The van der Waals surface area contributed by atoms with Crippen molar-refractivity contribution in [2.24, 2.45) is 11.7 Å². The molecule has 1 saturated heterocycles. The van der Waals surface area contributed by atoms with E-state index in [9.17, 15) is 0 Å². The quantitative estimate of drug-likeness (QED) is 0.939. The van der Waals surface area contributed by atoms with E-state index in [0.717, 1.165) is 48.0 Å². The summed E-state index contributed by atoms with van der Waals surface area (Å²) in [6.45, 7) is 2.89. The minimum atomic E-state index is 0.773. The third-order valence-electron chi connectivity index (χ3n) is 3.84. The zero-order valence-corrected chi connectivity index (χ0v) is 12.4. The first kappa shape index (κ1) is 12.9. The average molecular weight is 324 g/mol. The fourth-order valence-corrected chi connectivity index (χ4v) is 3.16. The van der Waals surface area contributed by atoms with Crippen LogP contribution in [0.2, 0.25) is 0 Å². The van der Waals surface area contributed by atoms with E-state index >= 15 is 0 Å². The summed E-state index contributed by atoms with van der Waals surface area (Å²) >= 11 is 3.49. The van der Waals surface area contributed by atoms with Gasteiger partial charge in [0.1, 0.15) is 0 Å². The number of rotatable bonds is 3. The Labute approximate surface area is 121 Å². The molecular weight excluding hydrogens is 306 g/mol. The van der Waals surface area contributed by atoms with Crippen LogP contribution in [-0.2, 0) is 0 Å². The molecule has 0 unspecified atom stereocenters. The first-order valence-corrected chi connectivity index (χ1v) is 7.51. The Bertz CT molecular complexity index is 559. The van der Waals surface area contributed by atoms with E-state index in [4.69, 9.17) is 5.73 Å². The van der Waals surface area contributed by atoms with Crippen molar-refractivity contribution in [2.45, 2.75) is 19.3 Å². The molecule has 0 atom stereocenters. The van der Waals surface area contributed by atoms with Crippen molar-refractivity contribution in [3.63, 3.8) is 0 Å². The maximum Gasteiger partial charge on any atom is 0.211 e. The third-order valence-corrected chi connectivity index (χ3v) is 4.39. The normalized spacial score (nSPS) is 17.3. The van der Waals surface area contributed by atoms with Gasteiger partial charge < -0.3 is 10.6 Å². The molecule has 3 rings (SSSR count). The number of halogens is 1. The lowest BCUT2D eigenvalue weighted by molar-refractivity contribution is 0.383. The van der Waals surface area contributed by atoms with Gasteiger partial charge in [0.15, 0.2) is 5.65 Å². The highest BCUT2D eigenvalue weighted by molar-refractivity contribution is 9.10. The molecule has 1 aliphatic rings. The molecular formula is C13H18BrN5. The van der Waals surface area contributed by atoms with Crippen molar-refractivity contribution in [3.05, 3.63) is 23.1 Å². The standard InChI is InChI=1S/C13H18BrN5/c14-11-9-17-13(19-8-5-16-12(11)19)18-6-2-10(1-4-15)3-7-18/h5,8-10H,1-4,6-7,15H2. The van der Waals surface area contributed by atoms with Crippen molar-refractivity contribution in [1.29, 1.82) is 0 Å². The van der Waals surface area contributed by atoms with E-state index in [1.807, 2.05) is 23.0 Å². The Morgan fingerprint density at radius 1 is 1.32 bits per heavy atom. The summed E-state index contributed by atoms with van der Waals surface area (Å²) in [5.74, 6) is 1.76. The van der Waals surface area contributed by atoms with Gasteiger partial charge >= 0.3 is 0 Å². The highest BCUT2D eigenvalue weighted by Crippen LogP contribution is 2.26. The van der Waals surface area contributed by atoms with Crippen LogP contribution in [0.1, 0.15) is 19.3 Å². The molecule has 102 valence electrons. The molecule has 19 heavy (non-hydrogen) atoms. The predicted molar refractivity (Wildman–Crippen MR) is 79.3 cm³/mol. The topological polar surface area (TPSA) is 59.5 Å². The summed E-state index contributed by atoms with van der Waals surface area (Å²) in [4.78, 5) is 11.2. The lowest BCUT2D eigenvalue weighted by Gasteiger charge is -2.32. The molecule has 1 aliphatic heterocycles. The zero-order valence-electron chi connectivity index (χ0n) is 10.8. The van der Waals surface area contributed by atoms with Crippen molar-refractivity contribution in [2.75, 3.05) is 24.5 Å². The number of hydrogen-bond donors (Lipinski definition) is 1. The molecule has 2 aromatic rings. The summed E-state index contributed by atoms with van der Waals surface area (Å²) in [5.41, 5.74) is 6.56. The second-order valence-electron chi connectivity index (χ2n) is 5.03. The summed E-state index contributed by atoms with van der Waals surface area (Å²) in [7, 11) is 0. The van der Waals surface area contributed by atoms with Gasteiger partial charge in [-0.1, -0.05) is 0 Å². The van der Waals surface area contributed by atoms with E-state index in [1.54, 1.807) is 0 Å². The second kappa shape index (κ2) is 5.46. The van der Waals surface area contributed by atoms with Gasteiger partial charge in [0.05, 0.1) is 4.47 Å². The van der Waals surface area contributed by atoms with Gasteiger partial charge in [0.25, 0.3) is 0 Å². The maximum atomic E-state index is 5.64. The molecule has 6 heteroatoms. The van der Waals surface area contributed by atoms with Gasteiger partial charge in [-0.2, -0.15) is 0 Å². The van der Waals surface area contributed by atoms with Crippen molar-refractivity contribution in [3.8, 4) is 0 Å². The fourth-order valence-electron chi connectivity index (χ4n) is 2.77. The van der Waals surface area contributed by atoms with Crippen LogP contribution in [0.4, 0.5) is 5.95 Å². The van der Waals surface area contributed by atoms with Crippen LogP contribution in [0.5, 0.6) is 0 Å². The SMILES string of the molecule is NCCC1CCN(c2ncc(Br)c3nccn23)CC1. The number of imidazole rings is 1. The highest BCUT2D eigenvalue weighted by atomic mass is 79.9. The number of fused-ring (bicyclic) bond motifs is 1. The third kappa shape index (κ3) is 2.47. The largest absolute Gasteiger partial charge is 0.342 e. The zero-order chi connectivity index (χ0) is 13.2. The van der Waals surface area contributed by atoms with Crippen LogP contribution in [0.15, 0.2) is 23.1 Å². The smallest absolute Gasteiger partial charge is 0.211 e. The Morgan fingerprint density at radius 3 is 2.84 bits per heavy atom. The molecule has 5 nitrogen and oxygen atoms in total. The van der Waals surface area contributed by atoms with Crippen LogP contribution in [0, 0.1) is 5.92 Å². The molecule has 1 fully saturated rings. The van der Waals surface area contributed by atoms with Gasteiger partial charge in [-0.15, -0.1) is 0 Å². The number of anilines is 1. The molecule has 0 bridgehead atoms. The summed E-state index contributed by atoms with van der Waals surface area (Å²) in [6, 6.07) is 0. The molecule has 2 aromatic heterocycles. The predicted octanol–water partition coefficient (Wildman–Crippen LogP) is 2.06. The number of hydrogen-bond acceptors (Lipinski definition) is 4. The molecule has 0 amide bonds. The van der Waals surface area contributed by atoms with Crippen LogP contribution in [0.25, 0.3) is 5.65 Å². The Kier molecular flexibility index (Phi) is 3.70. The maximum absolute atomic E-state index is 5.64. The van der Waals surface area contributed by atoms with Crippen LogP contribution in [-0.4, -0.2) is 34.0 Å². The molecule has 0 aliphatic carbocycles.